The van der Waals surface area contributed by atoms with E-state index in [0.717, 1.165) is 5.56 Å². The molecule has 0 aliphatic carbocycles. The molecule has 2 aromatic carbocycles. The summed E-state index contributed by atoms with van der Waals surface area (Å²) in [6, 6.07) is 13.1. The first kappa shape index (κ1) is 20.0. The van der Waals surface area contributed by atoms with Crippen molar-refractivity contribution < 1.29 is 23.4 Å². The van der Waals surface area contributed by atoms with Gasteiger partial charge in [0.2, 0.25) is 0 Å². The number of nitrogens with one attached hydrogen (secondary N) is 1. The molecule has 0 aliphatic heterocycles. The molecule has 0 spiro atoms. The Bertz CT molecular complexity index is 731. The van der Waals surface area contributed by atoms with Crippen molar-refractivity contribution in [2.45, 2.75) is 17.2 Å². The summed E-state index contributed by atoms with van der Waals surface area (Å²) < 4.78 is 30.6. The van der Waals surface area contributed by atoms with Gasteiger partial charge in [0, 0.05) is 17.0 Å². The molecule has 0 radical (unpaired) electrons. The van der Waals surface area contributed by atoms with Crippen molar-refractivity contribution in [1.29, 1.82) is 0 Å². The number of para-hydroxylation sites is 2. The summed E-state index contributed by atoms with van der Waals surface area (Å²) in [4.78, 5) is 14.3. The fourth-order valence-corrected chi connectivity index (χ4v) is 2.97. The van der Waals surface area contributed by atoms with Crippen LogP contribution in [-0.2, 0) is 6.54 Å². The molecule has 2 rings (SSSR count). The van der Waals surface area contributed by atoms with Gasteiger partial charge in [-0.15, -0.1) is 0 Å². The van der Waals surface area contributed by atoms with Crippen LogP contribution < -0.4 is 10.1 Å². The van der Waals surface area contributed by atoms with Gasteiger partial charge in [-0.25, -0.2) is 4.79 Å². The van der Waals surface area contributed by atoms with E-state index in [1.54, 1.807) is 24.3 Å². The lowest BCUT2D eigenvalue weighted by Crippen LogP contribution is -2.36. The Morgan fingerprint density at radius 3 is 2.62 bits per heavy atom. The third-order valence-electron chi connectivity index (χ3n) is 3.56. The van der Waals surface area contributed by atoms with Crippen LogP contribution in [0.3, 0.4) is 0 Å². The lowest BCUT2D eigenvalue weighted by Gasteiger charge is -2.24. The number of hydrogen-bond acceptors (Lipinski definition) is 4. The third kappa shape index (κ3) is 5.60. The Morgan fingerprint density at radius 1 is 1.23 bits per heavy atom. The average molecular weight is 382 g/mol. The van der Waals surface area contributed by atoms with Crippen molar-refractivity contribution >= 4 is 23.5 Å². The molecule has 8 heteroatoms. The molecule has 0 unspecified atom stereocenters. The predicted molar refractivity (Wildman–Crippen MR) is 97.8 cm³/mol. The minimum atomic E-state index is -2.59. The number of urea groups is 1. The lowest BCUT2D eigenvalue weighted by molar-refractivity contribution is 0.184. The zero-order valence-corrected chi connectivity index (χ0v) is 15.0. The monoisotopic (exact) mass is 382 g/mol. The Balaban J connectivity index is 2.16. The van der Waals surface area contributed by atoms with Gasteiger partial charge in [0.15, 0.2) is 0 Å². The number of carbonyl (C=O) groups excluding carboxylic acids is 1. The van der Waals surface area contributed by atoms with Gasteiger partial charge >= 0.3 is 6.03 Å². The number of thioether (sulfide) groups is 1. The van der Waals surface area contributed by atoms with Gasteiger partial charge in [0.25, 0.3) is 5.76 Å². The van der Waals surface area contributed by atoms with Crippen molar-refractivity contribution in [1.82, 2.24) is 4.90 Å². The molecule has 140 valence electrons. The van der Waals surface area contributed by atoms with Gasteiger partial charge in [0.05, 0.1) is 25.9 Å². The number of ether oxygens (including phenoxy) is 1. The second kappa shape index (κ2) is 9.98. The van der Waals surface area contributed by atoms with Crippen LogP contribution in [-0.4, -0.2) is 42.1 Å². The van der Waals surface area contributed by atoms with E-state index in [4.69, 9.17) is 4.74 Å². The van der Waals surface area contributed by atoms with E-state index < -0.39 is 11.8 Å². The smallest absolute Gasteiger partial charge is 0.322 e. The van der Waals surface area contributed by atoms with Gasteiger partial charge in [-0.1, -0.05) is 42.1 Å². The van der Waals surface area contributed by atoms with Gasteiger partial charge in [-0.3, -0.25) is 0 Å². The largest absolute Gasteiger partial charge is 0.496 e. The van der Waals surface area contributed by atoms with Gasteiger partial charge in [-0.2, -0.15) is 8.78 Å². The first-order valence-corrected chi connectivity index (χ1v) is 8.75. The summed E-state index contributed by atoms with van der Waals surface area (Å²) in [5, 5.41) is 11.9. The number of carbonyl (C=O) groups is 1. The van der Waals surface area contributed by atoms with Crippen LogP contribution in [0.5, 0.6) is 5.75 Å². The maximum Gasteiger partial charge on any atom is 0.322 e. The molecule has 0 fully saturated rings. The summed E-state index contributed by atoms with van der Waals surface area (Å²) in [6.45, 7) is 0.0740. The summed E-state index contributed by atoms with van der Waals surface area (Å²) >= 11 is 0.366. The van der Waals surface area contributed by atoms with Gasteiger partial charge < -0.3 is 20.1 Å². The molecule has 0 aliphatic rings. The van der Waals surface area contributed by atoms with E-state index in [-0.39, 0.29) is 24.6 Å². The Kier molecular flexibility index (Phi) is 7.68. The van der Waals surface area contributed by atoms with Crippen molar-refractivity contribution in [2.24, 2.45) is 0 Å². The molecule has 26 heavy (non-hydrogen) atoms. The number of halogens is 2. The number of amides is 2. The standard InChI is InChI=1S/C18H20F2N2O3S/c1-25-15-8-4-2-6-13(15)12-22(10-11-23)18(24)21-14-7-3-5-9-16(14)26-17(19)20/h2-9,17,23H,10-12H2,1H3,(H,21,24). The van der Waals surface area contributed by atoms with E-state index >= 15 is 0 Å². The number of alkyl halides is 2. The maximum absolute atomic E-state index is 12.7. The molecule has 2 amide bonds. The van der Waals surface area contributed by atoms with Crippen LogP contribution >= 0.6 is 11.8 Å². The van der Waals surface area contributed by atoms with Gasteiger partial charge in [-0.05, 0) is 18.2 Å². The Labute approximate surface area is 155 Å². The molecule has 2 aromatic rings. The molecular weight excluding hydrogens is 362 g/mol. The molecular formula is C18H20F2N2O3S. The van der Waals surface area contributed by atoms with E-state index in [1.165, 1.54) is 18.1 Å². The number of aliphatic hydroxyl groups excluding tert-OH is 1. The number of rotatable bonds is 8. The van der Waals surface area contributed by atoms with Crippen molar-refractivity contribution in [3.05, 3.63) is 54.1 Å². The Hall–Kier alpha value is -2.32. The molecule has 0 bridgehead atoms. The minimum Gasteiger partial charge on any atom is -0.496 e. The van der Waals surface area contributed by atoms with Crippen molar-refractivity contribution in [2.75, 3.05) is 25.6 Å². The highest BCUT2D eigenvalue weighted by atomic mass is 32.2. The van der Waals surface area contributed by atoms with E-state index in [1.807, 2.05) is 18.2 Å². The normalized spacial score (nSPS) is 10.7. The predicted octanol–water partition coefficient (Wildman–Crippen LogP) is 4.04. The zero-order chi connectivity index (χ0) is 18.9. The second-order valence-electron chi connectivity index (χ2n) is 5.26. The molecule has 2 N–H and O–H groups in total. The molecule has 0 saturated heterocycles. The zero-order valence-electron chi connectivity index (χ0n) is 14.2. The van der Waals surface area contributed by atoms with Crippen molar-refractivity contribution in [3.63, 3.8) is 0 Å². The highest BCUT2D eigenvalue weighted by molar-refractivity contribution is 7.99. The van der Waals surface area contributed by atoms with Crippen LogP contribution in [0.4, 0.5) is 19.3 Å². The molecule has 0 atom stereocenters. The topological polar surface area (TPSA) is 61.8 Å². The van der Waals surface area contributed by atoms with E-state index in [9.17, 15) is 18.7 Å². The first-order chi connectivity index (χ1) is 12.5. The fraction of sp³-hybridized carbons (Fsp3) is 0.278. The van der Waals surface area contributed by atoms with Crippen LogP contribution in [0.1, 0.15) is 5.56 Å². The summed E-state index contributed by atoms with van der Waals surface area (Å²) in [5.41, 5.74) is 1.07. The first-order valence-electron chi connectivity index (χ1n) is 7.87. The summed E-state index contributed by atoms with van der Waals surface area (Å²) in [5.74, 6) is -1.97. The maximum atomic E-state index is 12.7. The summed E-state index contributed by atoms with van der Waals surface area (Å²) in [6.07, 6.45) is 0. The fourth-order valence-electron chi connectivity index (χ4n) is 2.38. The lowest BCUT2D eigenvalue weighted by atomic mass is 10.2. The second-order valence-corrected chi connectivity index (χ2v) is 6.29. The molecule has 0 heterocycles. The Morgan fingerprint density at radius 2 is 1.92 bits per heavy atom. The molecule has 0 aromatic heterocycles. The highest BCUT2D eigenvalue weighted by Gasteiger charge is 2.18. The van der Waals surface area contributed by atoms with Crippen LogP contribution in [0.2, 0.25) is 0 Å². The van der Waals surface area contributed by atoms with Crippen LogP contribution in [0.15, 0.2) is 53.4 Å². The third-order valence-corrected chi connectivity index (χ3v) is 4.34. The van der Waals surface area contributed by atoms with E-state index in [2.05, 4.69) is 5.32 Å². The quantitative estimate of drug-likeness (QED) is 0.677. The SMILES string of the molecule is COc1ccccc1CN(CCO)C(=O)Nc1ccccc1SC(F)F. The average Bonchev–Trinajstić information content (AvgIpc) is 2.63. The molecule has 0 saturated carbocycles. The number of nitrogens with zero attached hydrogens (tertiary/aromatic N) is 1. The highest BCUT2D eigenvalue weighted by Crippen LogP contribution is 2.32. The van der Waals surface area contributed by atoms with E-state index in [0.29, 0.717) is 23.2 Å². The van der Waals surface area contributed by atoms with Crippen molar-refractivity contribution in [3.8, 4) is 5.75 Å². The molecule has 5 nitrogen and oxygen atoms in total. The number of hydrogen-bond donors (Lipinski definition) is 2. The number of aliphatic hydroxyl groups is 1. The van der Waals surface area contributed by atoms with Gasteiger partial charge in [0.1, 0.15) is 5.75 Å². The number of anilines is 1. The summed E-state index contributed by atoms with van der Waals surface area (Å²) in [7, 11) is 1.53. The van der Waals surface area contributed by atoms with Crippen LogP contribution in [0, 0.1) is 0 Å². The van der Waals surface area contributed by atoms with Crippen LogP contribution in [0.25, 0.3) is 0 Å². The minimum absolute atomic E-state index is 0.0913. The number of methoxy groups -OCH3 is 1. The number of benzene rings is 2.